The maximum Gasteiger partial charge on any atom is 0.120 e. The lowest BCUT2D eigenvalue weighted by Crippen LogP contribution is -2.36. The van der Waals surface area contributed by atoms with E-state index in [9.17, 15) is 0 Å². The number of imidazole rings is 1. The van der Waals surface area contributed by atoms with Gasteiger partial charge >= 0.3 is 0 Å². The lowest BCUT2D eigenvalue weighted by Gasteiger charge is -2.35. The number of aromatic amines is 2. The van der Waals surface area contributed by atoms with E-state index in [1.807, 2.05) is 20.0 Å². The Morgan fingerprint density at radius 1 is 1.10 bits per heavy atom. The molecule has 2 aromatic heterocycles. The van der Waals surface area contributed by atoms with Crippen LogP contribution in [-0.4, -0.2) is 33.0 Å². The van der Waals surface area contributed by atoms with Crippen molar-refractivity contribution >= 4 is 10.9 Å². The van der Waals surface area contributed by atoms with E-state index in [1.165, 1.54) is 27.7 Å². The molecule has 0 aliphatic carbocycles. The number of aryl methyl sites for hydroxylation is 1. The predicted octanol–water partition coefficient (Wildman–Crippen LogP) is 4.75. The number of H-pyrrole nitrogens is 2. The Bertz CT molecular complexity index is 1130. The number of benzene rings is 2. The van der Waals surface area contributed by atoms with Gasteiger partial charge in [0.25, 0.3) is 0 Å². The Hall–Kier alpha value is -3.05. The Labute approximate surface area is 170 Å². The van der Waals surface area contributed by atoms with Crippen LogP contribution in [0.1, 0.15) is 41.3 Å². The van der Waals surface area contributed by atoms with Crippen molar-refractivity contribution in [2.24, 2.45) is 0 Å². The summed E-state index contributed by atoms with van der Waals surface area (Å²) in [5.41, 5.74) is 6.31. The SMILES string of the molecule is CCOc1ccc(C2c3[nH]c4ccccc4c3CCN2Cc2ncc(C)[nH]2)cc1. The number of rotatable bonds is 5. The second-order valence-corrected chi connectivity index (χ2v) is 7.70. The highest BCUT2D eigenvalue weighted by atomic mass is 16.5. The largest absolute Gasteiger partial charge is 0.494 e. The molecule has 5 heteroatoms. The van der Waals surface area contributed by atoms with Gasteiger partial charge in [0.05, 0.1) is 19.2 Å². The molecule has 0 saturated carbocycles. The number of aromatic nitrogens is 3. The first-order chi connectivity index (χ1) is 14.2. The van der Waals surface area contributed by atoms with Crippen molar-refractivity contribution < 1.29 is 4.74 Å². The maximum absolute atomic E-state index is 5.65. The van der Waals surface area contributed by atoms with E-state index in [0.717, 1.165) is 36.8 Å². The van der Waals surface area contributed by atoms with Crippen LogP contribution in [0.2, 0.25) is 0 Å². The predicted molar refractivity (Wildman–Crippen MR) is 115 cm³/mol. The molecule has 0 radical (unpaired) electrons. The standard InChI is InChI=1S/C24H26N4O/c1-3-29-18-10-8-17(9-11-18)24-23-20(19-6-4-5-7-21(19)27-23)12-13-28(24)15-22-25-14-16(2)26-22/h4-11,14,24,27H,3,12-13,15H2,1-2H3,(H,25,26). The molecule has 5 rings (SSSR count). The highest BCUT2D eigenvalue weighted by Gasteiger charge is 2.32. The van der Waals surface area contributed by atoms with E-state index >= 15 is 0 Å². The first-order valence-corrected chi connectivity index (χ1v) is 10.3. The van der Waals surface area contributed by atoms with Gasteiger partial charge in [-0.15, -0.1) is 0 Å². The van der Waals surface area contributed by atoms with E-state index in [2.05, 4.69) is 68.4 Å². The van der Waals surface area contributed by atoms with E-state index in [0.29, 0.717) is 6.61 Å². The molecule has 3 heterocycles. The number of para-hydroxylation sites is 1. The van der Waals surface area contributed by atoms with Gasteiger partial charge < -0.3 is 14.7 Å². The third kappa shape index (κ3) is 3.32. The fraction of sp³-hybridized carbons (Fsp3) is 0.292. The first kappa shape index (κ1) is 18.0. The lowest BCUT2D eigenvalue weighted by molar-refractivity contribution is 0.197. The fourth-order valence-electron chi connectivity index (χ4n) is 4.49. The van der Waals surface area contributed by atoms with Crippen LogP contribution < -0.4 is 4.74 Å². The van der Waals surface area contributed by atoms with Gasteiger partial charge in [-0.25, -0.2) is 4.98 Å². The molecule has 2 aromatic carbocycles. The van der Waals surface area contributed by atoms with Gasteiger partial charge in [-0.2, -0.15) is 0 Å². The Balaban J connectivity index is 1.58. The van der Waals surface area contributed by atoms with Gasteiger partial charge in [0, 0.05) is 35.0 Å². The van der Waals surface area contributed by atoms with Crippen molar-refractivity contribution in [3.05, 3.63) is 83.1 Å². The highest BCUT2D eigenvalue weighted by Crippen LogP contribution is 2.39. The van der Waals surface area contributed by atoms with E-state index in [4.69, 9.17) is 4.74 Å². The van der Waals surface area contributed by atoms with Crippen LogP contribution in [0.4, 0.5) is 0 Å². The molecule has 0 spiro atoms. The quantitative estimate of drug-likeness (QED) is 0.521. The van der Waals surface area contributed by atoms with E-state index in [1.54, 1.807) is 0 Å². The lowest BCUT2D eigenvalue weighted by atomic mass is 9.92. The highest BCUT2D eigenvalue weighted by molar-refractivity contribution is 5.85. The molecule has 148 valence electrons. The maximum atomic E-state index is 5.65. The summed E-state index contributed by atoms with van der Waals surface area (Å²) in [5.74, 6) is 1.93. The smallest absolute Gasteiger partial charge is 0.120 e. The third-order valence-electron chi connectivity index (χ3n) is 5.75. The Kier molecular flexibility index (Phi) is 4.60. The average molecular weight is 386 g/mol. The molecule has 0 saturated heterocycles. The van der Waals surface area contributed by atoms with Crippen molar-refractivity contribution in [3.8, 4) is 5.75 Å². The summed E-state index contributed by atoms with van der Waals surface area (Å²) in [4.78, 5) is 14.2. The van der Waals surface area contributed by atoms with Gasteiger partial charge in [-0.05, 0) is 49.6 Å². The van der Waals surface area contributed by atoms with Crippen LogP contribution in [0.25, 0.3) is 10.9 Å². The zero-order valence-electron chi connectivity index (χ0n) is 16.9. The molecular formula is C24H26N4O. The summed E-state index contributed by atoms with van der Waals surface area (Å²) in [6, 6.07) is 17.3. The number of nitrogens with one attached hydrogen (secondary N) is 2. The van der Waals surface area contributed by atoms with Gasteiger partial charge in [0.2, 0.25) is 0 Å². The van der Waals surface area contributed by atoms with Crippen molar-refractivity contribution in [1.29, 1.82) is 0 Å². The van der Waals surface area contributed by atoms with Gasteiger partial charge in [0.15, 0.2) is 0 Å². The summed E-state index contributed by atoms with van der Waals surface area (Å²) in [6.45, 7) is 6.53. The summed E-state index contributed by atoms with van der Waals surface area (Å²) in [6.07, 6.45) is 2.94. The molecule has 5 nitrogen and oxygen atoms in total. The summed E-state index contributed by atoms with van der Waals surface area (Å²) in [5, 5.41) is 1.34. The molecule has 29 heavy (non-hydrogen) atoms. The molecule has 1 aliphatic rings. The molecule has 1 atom stereocenters. The zero-order valence-corrected chi connectivity index (χ0v) is 16.9. The average Bonchev–Trinajstić information content (AvgIpc) is 3.32. The molecule has 0 amide bonds. The van der Waals surface area contributed by atoms with Gasteiger partial charge in [-0.3, -0.25) is 4.90 Å². The van der Waals surface area contributed by atoms with Gasteiger partial charge in [0.1, 0.15) is 11.6 Å². The topological polar surface area (TPSA) is 56.9 Å². The van der Waals surface area contributed by atoms with Crippen molar-refractivity contribution in [2.75, 3.05) is 13.2 Å². The van der Waals surface area contributed by atoms with Crippen LogP contribution in [0.3, 0.4) is 0 Å². The monoisotopic (exact) mass is 386 g/mol. The summed E-state index contributed by atoms with van der Waals surface area (Å²) >= 11 is 0. The minimum absolute atomic E-state index is 0.159. The van der Waals surface area contributed by atoms with E-state index in [-0.39, 0.29) is 6.04 Å². The molecule has 0 fully saturated rings. The Morgan fingerprint density at radius 2 is 1.93 bits per heavy atom. The first-order valence-electron chi connectivity index (χ1n) is 10.3. The fourth-order valence-corrected chi connectivity index (χ4v) is 4.49. The number of hydrogen-bond donors (Lipinski definition) is 2. The van der Waals surface area contributed by atoms with Crippen molar-refractivity contribution in [3.63, 3.8) is 0 Å². The van der Waals surface area contributed by atoms with Gasteiger partial charge in [-0.1, -0.05) is 30.3 Å². The summed E-state index contributed by atoms with van der Waals surface area (Å²) < 4.78 is 5.65. The molecule has 2 N–H and O–H groups in total. The number of ether oxygens (including phenoxy) is 1. The number of nitrogens with zero attached hydrogens (tertiary/aromatic N) is 2. The molecular weight excluding hydrogens is 360 g/mol. The Morgan fingerprint density at radius 3 is 2.69 bits per heavy atom. The zero-order chi connectivity index (χ0) is 19.8. The molecule has 0 bridgehead atoms. The summed E-state index contributed by atoms with van der Waals surface area (Å²) in [7, 11) is 0. The molecule has 1 aliphatic heterocycles. The van der Waals surface area contributed by atoms with Crippen LogP contribution in [0, 0.1) is 6.92 Å². The minimum Gasteiger partial charge on any atom is -0.494 e. The normalized spacial score (nSPS) is 16.8. The number of hydrogen-bond acceptors (Lipinski definition) is 3. The van der Waals surface area contributed by atoms with E-state index < -0.39 is 0 Å². The molecule has 4 aromatic rings. The number of fused-ring (bicyclic) bond motifs is 3. The van der Waals surface area contributed by atoms with Crippen LogP contribution in [-0.2, 0) is 13.0 Å². The second-order valence-electron chi connectivity index (χ2n) is 7.70. The van der Waals surface area contributed by atoms with Crippen molar-refractivity contribution in [2.45, 2.75) is 32.9 Å². The van der Waals surface area contributed by atoms with Crippen LogP contribution in [0.15, 0.2) is 54.7 Å². The van der Waals surface area contributed by atoms with Crippen LogP contribution in [0.5, 0.6) is 5.75 Å². The van der Waals surface area contributed by atoms with Crippen molar-refractivity contribution in [1.82, 2.24) is 19.9 Å². The third-order valence-corrected chi connectivity index (χ3v) is 5.75. The minimum atomic E-state index is 0.159. The van der Waals surface area contributed by atoms with Crippen LogP contribution >= 0.6 is 0 Å². The molecule has 1 unspecified atom stereocenters. The second kappa shape index (κ2) is 7.41.